The molecule has 0 saturated carbocycles. The van der Waals surface area contributed by atoms with Gasteiger partial charge >= 0.3 is 5.97 Å². The molecule has 0 aliphatic rings. The molecule has 2 nitrogen and oxygen atoms in total. The fourth-order valence-electron chi connectivity index (χ4n) is 2.42. The Morgan fingerprint density at radius 1 is 1.00 bits per heavy atom. The quantitative estimate of drug-likeness (QED) is 0.396. The number of esters is 1. The topological polar surface area (TPSA) is 26.3 Å². The van der Waals surface area contributed by atoms with Gasteiger partial charge in [0.2, 0.25) is 0 Å². The third kappa shape index (κ3) is 2.65. The molecule has 0 saturated heterocycles. The van der Waals surface area contributed by atoms with Crippen molar-refractivity contribution < 1.29 is 9.53 Å². The third-order valence-electron chi connectivity index (χ3n) is 3.54. The maximum atomic E-state index is 11.5. The van der Waals surface area contributed by atoms with Crippen LogP contribution in [0, 0.1) is 0 Å². The van der Waals surface area contributed by atoms with Crippen LogP contribution in [0.3, 0.4) is 0 Å². The molecule has 104 valence electrons. The van der Waals surface area contributed by atoms with E-state index in [1.807, 2.05) is 24.3 Å². The molecule has 3 rings (SSSR count). The van der Waals surface area contributed by atoms with Crippen molar-refractivity contribution in [1.82, 2.24) is 0 Å². The zero-order valence-electron chi connectivity index (χ0n) is 11.9. The number of rotatable bonds is 3. The Balaban J connectivity index is 2.04. The van der Waals surface area contributed by atoms with Crippen LogP contribution in [0.1, 0.15) is 12.5 Å². The van der Waals surface area contributed by atoms with Crippen LogP contribution >= 0.6 is 0 Å². The molecule has 0 aliphatic carbocycles. The minimum absolute atomic E-state index is 0.265. The van der Waals surface area contributed by atoms with Gasteiger partial charge in [-0.05, 0) is 46.2 Å². The Bertz CT molecular complexity index is 846. The van der Waals surface area contributed by atoms with Crippen molar-refractivity contribution in [2.75, 3.05) is 0 Å². The van der Waals surface area contributed by atoms with Crippen molar-refractivity contribution in [3.8, 4) is 0 Å². The van der Waals surface area contributed by atoms with Crippen molar-refractivity contribution in [3.63, 3.8) is 0 Å². The van der Waals surface area contributed by atoms with Crippen LogP contribution in [0.25, 0.3) is 21.5 Å². The van der Waals surface area contributed by atoms with E-state index < -0.39 is 0 Å². The summed E-state index contributed by atoms with van der Waals surface area (Å²) in [5.41, 5.74) is 1.42. The van der Waals surface area contributed by atoms with Gasteiger partial charge < -0.3 is 4.74 Å². The average molecular weight is 276 g/mol. The second-order valence-corrected chi connectivity index (χ2v) is 5.19. The summed E-state index contributed by atoms with van der Waals surface area (Å²) in [6.45, 7) is 5.51. The van der Waals surface area contributed by atoms with Gasteiger partial charge in [0.05, 0.1) is 0 Å². The molecule has 2 heteroatoms. The first-order valence-electron chi connectivity index (χ1n) is 6.88. The van der Waals surface area contributed by atoms with E-state index in [1.54, 1.807) is 6.92 Å². The Hall–Kier alpha value is -2.61. The summed E-state index contributed by atoms with van der Waals surface area (Å²) in [6.07, 6.45) is 0. The van der Waals surface area contributed by atoms with E-state index in [0.29, 0.717) is 5.57 Å². The van der Waals surface area contributed by atoms with Gasteiger partial charge in [0.1, 0.15) is 6.61 Å². The Labute approximate surface area is 123 Å². The SMILES string of the molecule is C=C(C)C(=O)OCc1cccc2cc3ccccc3cc12. The molecular formula is C19H16O2. The van der Waals surface area contributed by atoms with Crippen LogP contribution in [0.15, 0.2) is 66.7 Å². The number of fused-ring (bicyclic) bond motifs is 2. The van der Waals surface area contributed by atoms with Crippen molar-refractivity contribution in [1.29, 1.82) is 0 Å². The lowest BCUT2D eigenvalue weighted by molar-refractivity contribution is -0.140. The smallest absolute Gasteiger partial charge is 0.333 e. The molecule has 0 unspecified atom stereocenters. The summed E-state index contributed by atoms with van der Waals surface area (Å²) in [6, 6.07) is 18.6. The molecule has 3 aromatic carbocycles. The fourth-order valence-corrected chi connectivity index (χ4v) is 2.42. The first-order valence-corrected chi connectivity index (χ1v) is 6.88. The van der Waals surface area contributed by atoms with Crippen LogP contribution in [0.5, 0.6) is 0 Å². The van der Waals surface area contributed by atoms with Gasteiger partial charge in [-0.25, -0.2) is 4.79 Å². The van der Waals surface area contributed by atoms with Gasteiger partial charge in [0.25, 0.3) is 0 Å². The third-order valence-corrected chi connectivity index (χ3v) is 3.54. The number of carbonyl (C=O) groups is 1. The molecule has 0 bridgehead atoms. The van der Waals surface area contributed by atoms with E-state index in [1.165, 1.54) is 10.8 Å². The summed E-state index contributed by atoms with van der Waals surface area (Å²) in [4.78, 5) is 11.5. The molecule has 0 aromatic heterocycles. The van der Waals surface area contributed by atoms with Crippen molar-refractivity contribution in [2.45, 2.75) is 13.5 Å². The van der Waals surface area contributed by atoms with Crippen LogP contribution in [0.2, 0.25) is 0 Å². The molecule has 3 aromatic rings. The molecule has 0 aliphatic heterocycles. The van der Waals surface area contributed by atoms with Crippen LogP contribution < -0.4 is 0 Å². The molecule has 0 atom stereocenters. The molecule has 21 heavy (non-hydrogen) atoms. The van der Waals surface area contributed by atoms with Crippen LogP contribution in [-0.4, -0.2) is 5.97 Å². The molecule has 0 amide bonds. The lowest BCUT2D eigenvalue weighted by atomic mass is 10.00. The van der Waals surface area contributed by atoms with Crippen LogP contribution in [0.4, 0.5) is 0 Å². The predicted molar refractivity (Wildman–Crippen MR) is 86.1 cm³/mol. The minimum Gasteiger partial charge on any atom is -0.457 e. The summed E-state index contributed by atoms with van der Waals surface area (Å²) < 4.78 is 5.27. The second kappa shape index (κ2) is 5.41. The van der Waals surface area contributed by atoms with Gasteiger partial charge in [0, 0.05) is 5.57 Å². The molecule has 0 radical (unpaired) electrons. The summed E-state index contributed by atoms with van der Waals surface area (Å²) in [7, 11) is 0. The van der Waals surface area contributed by atoms with E-state index in [0.717, 1.165) is 16.3 Å². The number of hydrogen-bond donors (Lipinski definition) is 0. The largest absolute Gasteiger partial charge is 0.457 e. The maximum absolute atomic E-state index is 11.5. The van der Waals surface area contributed by atoms with Gasteiger partial charge in [-0.2, -0.15) is 0 Å². The zero-order valence-corrected chi connectivity index (χ0v) is 11.9. The first-order chi connectivity index (χ1) is 10.1. The summed E-state index contributed by atoms with van der Waals surface area (Å²) in [5.74, 6) is -0.354. The first kappa shape index (κ1) is 13.4. The van der Waals surface area contributed by atoms with Crippen molar-refractivity contribution in [3.05, 3.63) is 72.3 Å². The van der Waals surface area contributed by atoms with E-state index in [4.69, 9.17) is 4.74 Å². The van der Waals surface area contributed by atoms with E-state index in [2.05, 4.69) is 36.9 Å². The lowest BCUT2D eigenvalue weighted by Gasteiger charge is -2.09. The van der Waals surface area contributed by atoms with Gasteiger partial charge in [-0.1, -0.05) is 49.0 Å². The average Bonchev–Trinajstić information content (AvgIpc) is 2.50. The normalized spacial score (nSPS) is 10.7. The number of hydrogen-bond acceptors (Lipinski definition) is 2. The van der Waals surface area contributed by atoms with Crippen molar-refractivity contribution in [2.24, 2.45) is 0 Å². The molecule has 0 fully saturated rings. The molecular weight excluding hydrogens is 260 g/mol. The highest BCUT2D eigenvalue weighted by Gasteiger charge is 2.07. The maximum Gasteiger partial charge on any atom is 0.333 e. The minimum atomic E-state index is -0.354. The number of benzene rings is 3. The van der Waals surface area contributed by atoms with E-state index >= 15 is 0 Å². The van der Waals surface area contributed by atoms with Gasteiger partial charge in [-0.3, -0.25) is 0 Å². The van der Waals surface area contributed by atoms with Crippen LogP contribution in [-0.2, 0) is 16.1 Å². The number of carbonyl (C=O) groups excluding carboxylic acids is 1. The highest BCUT2D eigenvalue weighted by Crippen LogP contribution is 2.26. The summed E-state index contributed by atoms with van der Waals surface area (Å²) in [5, 5.41) is 4.66. The number of ether oxygens (including phenoxy) is 1. The Morgan fingerprint density at radius 3 is 2.38 bits per heavy atom. The standard InChI is InChI=1S/C19H16O2/c1-13(2)19(20)21-12-17-9-5-8-16-10-14-6-3-4-7-15(14)11-18(16)17/h3-11H,1,12H2,2H3. The van der Waals surface area contributed by atoms with Gasteiger partial charge in [0.15, 0.2) is 0 Å². The van der Waals surface area contributed by atoms with E-state index in [9.17, 15) is 4.79 Å². The van der Waals surface area contributed by atoms with Crippen molar-refractivity contribution >= 4 is 27.5 Å². The fraction of sp³-hybridized carbons (Fsp3) is 0.105. The highest BCUT2D eigenvalue weighted by atomic mass is 16.5. The highest BCUT2D eigenvalue weighted by molar-refractivity contribution is 5.99. The Morgan fingerprint density at radius 2 is 1.67 bits per heavy atom. The predicted octanol–water partition coefficient (Wildman–Crippen LogP) is 4.61. The summed E-state index contributed by atoms with van der Waals surface area (Å²) >= 11 is 0. The Kier molecular flexibility index (Phi) is 3.44. The molecule has 0 spiro atoms. The lowest BCUT2D eigenvalue weighted by Crippen LogP contribution is -2.05. The van der Waals surface area contributed by atoms with E-state index in [-0.39, 0.29) is 12.6 Å². The molecule has 0 heterocycles. The molecule has 0 N–H and O–H groups in total. The second-order valence-electron chi connectivity index (χ2n) is 5.19. The van der Waals surface area contributed by atoms with Gasteiger partial charge in [-0.15, -0.1) is 0 Å². The monoisotopic (exact) mass is 276 g/mol. The zero-order chi connectivity index (χ0) is 14.8.